The lowest BCUT2D eigenvalue weighted by Crippen LogP contribution is -2.24. The standard InChI is InChI=1S/C23H25N7O5S/c1-14-8-16(12-24-9-14)22-27-28-23(30(22)20-18(34-3)6-5-7-19(20)35-4)29-36(32,33)13-17(31)21-25-10-15(2)11-26-21/h5-12,17,31H,13H2,1-4H3,(H,28,29). The molecule has 0 aliphatic carbocycles. The smallest absolute Gasteiger partial charge is 0.243 e. The van der Waals surface area contributed by atoms with Crippen molar-refractivity contribution < 1.29 is 23.0 Å². The summed E-state index contributed by atoms with van der Waals surface area (Å²) in [6.45, 7) is 3.66. The van der Waals surface area contributed by atoms with Crippen molar-refractivity contribution in [3.8, 4) is 28.6 Å². The number of hydrogen-bond acceptors (Lipinski definition) is 10. The first-order chi connectivity index (χ1) is 17.2. The van der Waals surface area contributed by atoms with E-state index < -0.39 is 21.9 Å². The van der Waals surface area contributed by atoms with Crippen LogP contribution in [0.2, 0.25) is 0 Å². The molecule has 4 rings (SSSR count). The fraction of sp³-hybridized carbons (Fsp3) is 0.261. The number of nitrogens with one attached hydrogen (secondary N) is 1. The number of aryl methyl sites for hydroxylation is 2. The van der Waals surface area contributed by atoms with E-state index in [4.69, 9.17) is 9.47 Å². The molecule has 36 heavy (non-hydrogen) atoms. The lowest BCUT2D eigenvalue weighted by molar-refractivity contribution is 0.191. The molecule has 2 N–H and O–H groups in total. The largest absolute Gasteiger partial charge is 0.494 e. The third-order valence-electron chi connectivity index (χ3n) is 5.14. The van der Waals surface area contributed by atoms with Crippen molar-refractivity contribution in [1.82, 2.24) is 29.7 Å². The average molecular weight is 512 g/mol. The summed E-state index contributed by atoms with van der Waals surface area (Å²) in [5.41, 5.74) is 2.62. The fourth-order valence-corrected chi connectivity index (χ4v) is 4.57. The maximum atomic E-state index is 13.1. The Morgan fingerprint density at radius 1 is 1.00 bits per heavy atom. The Bertz CT molecular complexity index is 1450. The summed E-state index contributed by atoms with van der Waals surface area (Å²) >= 11 is 0. The summed E-state index contributed by atoms with van der Waals surface area (Å²) in [5, 5.41) is 18.8. The van der Waals surface area contributed by atoms with E-state index in [-0.39, 0.29) is 11.8 Å². The highest BCUT2D eigenvalue weighted by atomic mass is 32.2. The summed E-state index contributed by atoms with van der Waals surface area (Å²) in [6.07, 6.45) is 4.82. The number of hydrogen-bond donors (Lipinski definition) is 2. The Morgan fingerprint density at radius 2 is 1.67 bits per heavy atom. The average Bonchev–Trinajstić information content (AvgIpc) is 3.25. The molecular formula is C23H25N7O5S. The van der Waals surface area contributed by atoms with Gasteiger partial charge in [-0.15, -0.1) is 10.2 Å². The topological polar surface area (TPSA) is 154 Å². The zero-order valence-electron chi connectivity index (χ0n) is 20.1. The second-order valence-corrected chi connectivity index (χ2v) is 9.73. The van der Waals surface area contributed by atoms with E-state index in [2.05, 4.69) is 29.9 Å². The predicted octanol–water partition coefficient (Wildman–Crippen LogP) is 2.23. The fourth-order valence-electron chi connectivity index (χ4n) is 3.52. The number of benzene rings is 1. The van der Waals surface area contributed by atoms with E-state index in [0.717, 1.165) is 11.1 Å². The Balaban J connectivity index is 1.80. The lowest BCUT2D eigenvalue weighted by Gasteiger charge is -2.18. The molecule has 1 atom stereocenters. The Labute approximate surface area is 208 Å². The minimum absolute atomic E-state index is 0.00892. The maximum Gasteiger partial charge on any atom is 0.243 e. The third kappa shape index (κ3) is 5.26. The van der Waals surface area contributed by atoms with Gasteiger partial charge in [-0.25, -0.2) is 18.4 Å². The van der Waals surface area contributed by atoms with Crippen molar-refractivity contribution in [2.75, 3.05) is 24.7 Å². The van der Waals surface area contributed by atoms with Crippen LogP contribution in [0.4, 0.5) is 5.95 Å². The number of ether oxygens (including phenoxy) is 2. The number of nitrogens with zero attached hydrogens (tertiary/aromatic N) is 6. The van der Waals surface area contributed by atoms with Crippen LogP contribution in [0.1, 0.15) is 23.1 Å². The molecular weight excluding hydrogens is 486 g/mol. The number of pyridine rings is 1. The van der Waals surface area contributed by atoms with Crippen LogP contribution in [-0.2, 0) is 10.0 Å². The molecule has 4 aromatic rings. The van der Waals surface area contributed by atoms with E-state index in [1.54, 1.807) is 37.5 Å². The summed E-state index contributed by atoms with van der Waals surface area (Å²) in [5.74, 6) is 0.243. The van der Waals surface area contributed by atoms with Crippen molar-refractivity contribution in [3.05, 3.63) is 66.0 Å². The second kappa shape index (κ2) is 10.3. The van der Waals surface area contributed by atoms with Gasteiger partial charge in [0.2, 0.25) is 16.0 Å². The van der Waals surface area contributed by atoms with Crippen LogP contribution in [0.15, 0.2) is 49.1 Å². The summed E-state index contributed by atoms with van der Waals surface area (Å²) < 4.78 is 41.1. The molecule has 0 radical (unpaired) electrons. The lowest BCUT2D eigenvalue weighted by atomic mass is 10.2. The van der Waals surface area contributed by atoms with Crippen LogP contribution in [0.25, 0.3) is 17.1 Å². The number of methoxy groups -OCH3 is 2. The van der Waals surface area contributed by atoms with Crippen LogP contribution >= 0.6 is 0 Å². The van der Waals surface area contributed by atoms with Crippen molar-refractivity contribution in [2.24, 2.45) is 0 Å². The van der Waals surface area contributed by atoms with Gasteiger partial charge in [0.15, 0.2) is 11.6 Å². The van der Waals surface area contributed by atoms with E-state index in [1.165, 1.54) is 31.2 Å². The van der Waals surface area contributed by atoms with Gasteiger partial charge in [0, 0.05) is 30.4 Å². The van der Waals surface area contributed by atoms with Gasteiger partial charge in [-0.1, -0.05) is 6.07 Å². The molecule has 0 aliphatic heterocycles. The molecule has 0 bridgehead atoms. The molecule has 3 heterocycles. The second-order valence-electron chi connectivity index (χ2n) is 7.96. The van der Waals surface area contributed by atoms with Gasteiger partial charge in [-0.05, 0) is 43.2 Å². The van der Waals surface area contributed by atoms with Crippen LogP contribution < -0.4 is 14.2 Å². The molecule has 188 valence electrons. The molecule has 0 fully saturated rings. The summed E-state index contributed by atoms with van der Waals surface area (Å²) in [4.78, 5) is 12.2. The van der Waals surface area contributed by atoms with Crippen molar-refractivity contribution in [2.45, 2.75) is 20.0 Å². The predicted molar refractivity (Wildman–Crippen MR) is 132 cm³/mol. The summed E-state index contributed by atoms with van der Waals surface area (Å²) in [6, 6.07) is 6.98. The number of rotatable bonds is 9. The molecule has 0 aliphatic rings. The molecule has 12 nitrogen and oxygen atoms in total. The van der Waals surface area contributed by atoms with Gasteiger partial charge in [0.25, 0.3) is 0 Å². The van der Waals surface area contributed by atoms with Gasteiger partial charge in [-0.2, -0.15) is 0 Å². The van der Waals surface area contributed by atoms with Gasteiger partial charge < -0.3 is 14.6 Å². The van der Waals surface area contributed by atoms with Crippen LogP contribution in [0.3, 0.4) is 0 Å². The number of anilines is 1. The molecule has 3 aromatic heterocycles. The van der Waals surface area contributed by atoms with Gasteiger partial charge in [-0.3, -0.25) is 14.3 Å². The molecule has 13 heteroatoms. The Kier molecular flexibility index (Phi) is 7.12. The first-order valence-corrected chi connectivity index (χ1v) is 12.4. The zero-order valence-corrected chi connectivity index (χ0v) is 20.9. The summed E-state index contributed by atoms with van der Waals surface area (Å²) in [7, 11) is -1.17. The number of aromatic nitrogens is 6. The van der Waals surface area contributed by atoms with Crippen molar-refractivity contribution in [1.29, 1.82) is 0 Å². The third-order valence-corrected chi connectivity index (χ3v) is 6.39. The number of sulfonamides is 1. The highest BCUT2D eigenvalue weighted by molar-refractivity contribution is 7.92. The van der Waals surface area contributed by atoms with Gasteiger partial charge in [0.1, 0.15) is 29.0 Å². The normalized spacial score (nSPS) is 12.2. The first-order valence-electron chi connectivity index (χ1n) is 10.8. The quantitative estimate of drug-likeness (QED) is 0.342. The molecule has 1 aromatic carbocycles. The number of aliphatic hydroxyl groups excluding tert-OH is 1. The van der Waals surface area contributed by atoms with Gasteiger partial charge >= 0.3 is 0 Å². The van der Waals surface area contributed by atoms with E-state index in [0.29, 0.717) is 28.6 Å². The minimum atomic E-state index is -4.14. The van der Waals surface area contributed by atoms with E-state index >= 15 is 0 Å². The molecule has 0 amide bonds. The molecule has 0 saturated carbocycles. The van der Waals surface area contributed by atoms with Crippen LogP contribution in [0.5, 0.6) is 11.5 Å². The van der Waals surface area contributed by atoms with Crippen LogP contribution in [0, 0.1) is 13.8 Å². The Hall–Kier alpha value is -4.10. The number of aliphatic hydroxyl groups is 1. The number of para-hydroxylation sites is 1. The highest BCUT2D eigenvalue weighted by Gasteiger charge is 2.27. The SMILES string of the molecule is COc1cccc(OC)c1-n1c(NS(=O)(=O)CC(O)c2ncc(C)cn2)nnc1-c1cncc(C)c1. The Morgan fingerprint density at radius 3 is 2.28 bits per heavy atom. The highest BCUT2D eigenvalue weighted by Crippen LogP contribution is 2.37. The van der Waals surface area contributed by atoms with E-state index in [9.17, 15) is 13.5 Å². The van der Waals surface area contributed by atoms with Crippen molar-refractivity contribution >= 4 is 16.0 Å². The molecule has 1 unspecified atom stereocenters. The molecule has 0 saturated heterocycles. The first kappa shape index (κ1) is 25.0. The van der Waals surface area contributed by atoms with Crippen molar-refractivity contribution in [3.63, 3.8) is 0 Å². The van der Waals surface area contributed by atoms with Gasteiger partial charge in [0.05, 0.1) is 14.2 Å². The monoisotopic (exact) mass is 511 g/mol. The van der Waals surface area contributed by atoms with E-state index in [1.807, 2.05) is 13.0 Å². The van der Waals surface area contributed by atoms with Crippen LogP contribution in [-0.4, -0.2) is 63.2 Å². The maximum absolute atomic E-state index is 13.1. The molecule has 0 spiro atoms. The minimum Gasteiger partial charge on any atom is -0.494 e. The zero-order chi connectivity index (χ0) is 25.9.